The van der Waals surface area contributed by atoms with E-state index in [9.17, 15) is 0 Å². The number of rotatable bonds is 4. The maximum Gasteiger partial charge on any atom is 0.283 e. The van der Waals surface area contributed by atoms with Crippen LogP contribution >= 0.6 is 15.9 Å². The number of ether oxygens (including phenoxy) is 1. The van der Waals surface area contributed by atoms with E-state index in [4.69, 9.17) is 4.74 Å². The summed E-state index contributed by atoms with van der Waals surface area (Å²) in [6.07, 6.45) is 1.64. The van der Waals surface area contributed by atoms with E-state index in [0.717, 1.165) is 15.8 Å². The lowest BCUT2D eigenvalue weighted by atomic mass is 10.2. The Kier molecular flexibility index (Phi) is 3.66. The topological polar surface area (TPSA) is 88.1 Å². The Morgan fingerprint density at radius 1 is 1.53 bits per heavy atom. The molecule has 0 atom stereocenters. The van der Waals surface area contributed by atoms with Gasteiger partial charge in [-0.05, 0) is 44.9 Å². The van der Waals surface area contributed by atoms with Gasteiger partial charge < -0.3 is 4.74 Å². The van der Waals surface area contributed by atoms with E-state index in [1.807, 2.05) is 18.2 Å². The van der Waals surface area contributed by atoms with Crippen molar-refractivity contribution in [2.45, 2.75) is 0 Å². The van der Waals surface area contributed by atoms with Crippen molar-refractivity contribution in [1.29, 1.82) is 0 Å². The third-order valence-corrected chi connectivity index (χ3v) is 2.52. The van der Waals surface area contributed by atoms with Crippen LogP contribution in [0.2, 0.25) is 0 Å². The zero-order valence-corrected chi connectivity index (χ0v) is 10.5. The minimum Gasteiger partial charge on any atom is -0.496 e. The van der Waals surface area contributed by atoms with Crippen LogP contribution in [-0.2, 0) is 0 Å². The van der Waals surface area contributed by atoms with Crippen LogP contribution < -0.4 is 10.2 Å². The Bertz CT molecular complexity index is 512. The first-order valence-electron chi connectivity index (χ1n) is 4.65. The molecule has 0 aliphatic heterocycles. The molecule has 0 amide bonds. The molecule has 0 spiro atoms. The van der Waals surface area contributed by atoms with E-state index in [2.05, 4.69) is 47.1 Å². The van der Waals surface area contributed by atoms with Crippen molar-refractivity contribution in [2.75, 3.05) is 12.5 Å². The number of hydrazone groups is 1. The summed E-state index contributed by atoms with van der Waals surface area (Å²) in [6, 6.07) is 5.62. The molecular formula is C9H9BrN6O. The van der Waals surface area contributed by atoms with Crippen LogP contribution in [0.3, 0.4) is 0 Å². The van der Waals surface area contributed by atoms with Crippen molar-refractivity contribution in [3.8, 4) is 5.75 Å². The van der Waals surface area contributed by atoms with Crippen LogP contribution in [0.1, 0.15) is 5.56 Å². The third-order valence-electron chi connectivity index (χ3n) is 1.90. The van der Waals surface area contributed by atoms with Gasteiger partial charge in [0.25, 0.3) is 5.95 Å². The molecule has 0 radical (unpaired) electrons. The Morgan fingerprint density at radius 2 is 2.41 bits per heavy atom. The Morgan fingerprint density at radius 3 is 3.06 bits per heavy atom. The van der Waals surface area contributed by atoms with Gasteiger partial charge in [-0.2, -0.15) is 10.3 Å². The number of anilines is 1. The van der Waals surface area contributed by atoms with Crippen molar-refractivity contribution in [3.05, 3.63) is 28.2 Å². The Balaban J connectivity index is 2.03. The van der Waals surface area contributed by atoms with Crippen molar-refractivity contribution in [2.24, 2.45) is 5.10 Å². The second-order valence-electron chi connectivity index (χ2n) is 3.00. The SMILES string of the molecule is COc1ccc(/C=N/Nc2nn[nH]n2)cc1Br. The maximum atomic E-state index is 5.12. The zero-order chi connectivity index (χ0) is 12.1. The normalized spacial score (nSPS) is 10.7. The lowest BCUT2D eigenvalue weighted by molar-refractivity contribution is 0.412. The molecule has 88 valence electrons. The van der Waals surface area contributed by atoms with Crippen LogP contribution in [0.25, 0.3) is 0 Å². The lowest BCUT2D eigenvalue weighted by Crippen LogP contribution is -1.93. The minimum atomic E-state index is 0.314. The highest BCUT2D eigenvalue weighted by molar-refractivity contribution is 9.10. The molecule has 1 aromatic carbocycles. The summed E-state index contributed by atoms with van der Waals surface area (Å²) in [5.74, 6) is 1.09. The van der Waals surface area contributed by atoms with Gasteiger partial charge in [-0.15, -0.1) is 5.10 Å². The fourth-order valence-electron chi connectivity index (χ4n) is 1.14. The second-order valence-corrected chi connectivity index (χ2v) is 3.85. The molecule has 0 saturated heterocycles. The number of hydrogen-bond acceptors (Lipinski definition) is 6. The van der Waals surface area contributed by atoms with Gasteiger partial charge in [0.15, 0.2) is 0 Å². The first kappa shape index (κ1) is 11.5. The summed E-state index contributed by atoms with van der Waals surface area (Å²) < 4.78 is 5.99. The Hall–Kier alpha value is -1.96. The van der Waals surface area contributed by atoms with E-state index in [1.165, 1.54) is 0 Å². The number of H-pyrrole nitrogens is 1. The number of nitrogens with zero attached hydrogens (tertiary/aromatic N) is 4. The highest BCUT2D eigenvalue weighted by atomic mass is 79.9. The number of tetrazole rings is 1. The number of aromatic nitrogens is 4. The van der Waals surface area contributed by atoms with Crippen molar-refractivity contribution in [1.82, 2.24) is 20.6 Å². The molecule has 2 aromatic rings. The molecular weight excluding hydrogens is 288 g/mol. The third kappa shape index (κ3) is 3.00. The van der Waals surface area contributed by atoms with Crippen molar-refractivity contribution >= 4 is 28.1 Å². The summed E-state index contributed by atoms with van der Waals surface area (Å²) in [4.78, 5) is 0. The smallest absolute Gasteiger partial charge is 0.283 e. The van der Waals surface area contributed by atoms with Crippen LogP contribution in [0.4, 0.5) is 5.95 Å². The van der Waals surface area contributed by atoms with E-state index < -0.39 is 0 Å². The number of nitrogens with one attached hydrogen (secondary N) is 2. The van der Waals surface area contributed by atoms with Crippen LogP contribution in [0.5, 0.6) is 5.75 Å². The van der Waals surface area contributed by atoms with Gasteiger partial charge in [-0.1, -0.05) is 5.10 Å². The molecule has 0 unspecified atom stereocenters. The van der Waals surface area contributed by atoms with Gasteiger partial charge >= 0.3 is 0 Å². The summed E-state index contributed by atoms with van der Waals surface area (Å²) >= 11 is 3.39. The average Bonchev–Trinajstić information content (AvgIpc) is 2.82. The number of benzene rings is 1. The van der Waals surface area contributed by atoms with Crippen molar-refractivity contribution in [3.63, 3.8) is 0 Å². The van der Waals surface area contributed by atoms with E-state index in [1.54, 1.807) is 13.3 Å². The maximum absolute atomic E-state index is 5.12. The summed E-state index contributed by atoms with van der Waals surface area (Å²) in [5.41, 5.74) is 3.54. The van der Waals surface area contributed by atoms with E-state index in [0.29, 0.717) is 5.95 Å². The number of aromatic amines is 1. The molecule has 0 aliphatic carbocycles. The van der Waals surface area contributed by atoms with Crippen LogP contribution in [0.15, 0.2) is 27.8 Å². The average molecular weight is 297 g/mol. The predicted octanol–water partition coefficient (Wildman–Crippen LogP) is 1.42. The van der Waals surface area contributed by atoms with Gasteiger partial charge in [0.1, 0.15) is 5.75 Å². The molecule has 1 aromatic heterocycles. The molecule has 0 bridgehead atoms. The monoisotopic (exact) mass is 296 g/mol. The van der Waals surface area contributed by atoms with E-state index in [-0.39, 0.29) is 0 Å². The minimum absolute atomic E-state index is 0.314. The van der Waals surface area contributed by atoms with Crippen molar-refractivity contribution < 1.29 is 4.74 Å². The zero-order valence-electron chi connectivity index (χ0n) is 8.88. The summed E-state index contributed by atoms with van der Waals surface area (Å²) in [7, 11) is 1.62. The fraction of sp³-hybridized carbons (Fsp3) is 0.111. The molecule has 8 heteroatoms. The summed E-state index contributed by atoms with van der Waals surface area (Å²) in [6.45, 7) is 0. The molecule has 0 fully saturated rings. The van der Waals surface area contributed by atoms with Gasteiger partial charge in [-0.3, -0.25) is 0 Å². The first-order chi connectivity index (χ1) is 8.29. The number of methoxy groups -OCH3 is 1. The lowest BCUT2D eigenvalue weighted by Gasteiger charge is -2.02. The molecule has 2 rings (SSSR count). The van der Waals surface area contributed by atoms with Gasteiger partial charge in [-0.25, -0.2) is 5.43 Å². The summed E-state index contributed by atoms with van der Waals surface area (Å²) in [5, 5.41) is 17.0. The van der Waals surface area contributed by atoms with Gasteiger partial charge in [0.2, 0.25) is 0 Å². The highest BCUT2D eigenvalue weighted by Crippen LogP contribution is 2.24. The number of halogens is 1. The largest absolute Gasteiger partial charge is 0.496 e. The molecule has 1 heterocycles. The molecule has 7 nitrogen and oxygen atoms in total. The molecule has 2 N–H and O–H groups in total. The van der Waals surface area contributed by atoms with Gasteiger partial charge in [0, 0.05) is 0 Å². The molecule has 0 aliphatic rings. The molecule has 0 saturated carbocycles. The van der Waals surface area contributed by atoms with Crippen LogP contribution in [-0.4, -0.2) is 33.9 Å². The first-order valence-corrected chi connectivity index (χ1v) is 5.45. The quantitative estimate of drug-likeness (QED) is 0.658. The second kappa shape index (κ2) is 5.39. The standard InChI is InChI=1S/C9H9BrN6O/c1-17-8-3-2-6(4-7(8)10)5-11-12-9-13-15-16-14-9/h2-5H,1H3,(H2,12,13,14,15,16)/b11-5+. The fourth-order valence-corrected chi connectivity index (χ4v) is 1.70. The Labute approximate surface area is 105 Å². The van der Waals surface area contributed by atoms with E-state index >= 15 is 0 Å². The highest BCUT2D eigenvalue weighted by Gasteiger charge is 1.99. The number of hydrogen-bond donors (Lipinski definition) is 2. The van der Waals surface area contributed by atoms with Crippen LogP contribution in [0, 0.1) is 0 Å². The predicted molar refractivity (Wildman–Crippen MR) is 66.1 cm³/mol. The van der Waals surface area contributed by atoms with Gasteiger partial charge in [0.05, 0.1) is 17.8 Å². The molecule has 17 heavy (non-hydrogen) atoms.